The molecule has 1 heterocycles. The zero-order chi connectivity index (χ0) is 19.6. The van der Waals surface area contributed by atoms with E-state index >= 15 is 0 Å². The van der Waals surface area contributed by atoms with Gasteiger partial charge in [-0.1, -0.05) is 34.1 Å². The largest absolute Gasteiger partial charge is 0.338 e. The molecule has 2 aromatic carbocycles. The topological polar surface area (TPSA) is 55.2 Å². The van der Waals surface area contributed by atoms with E-state index in [1.807, 2.05) is 13.0 Å². The van der Waals surface area contributed by atoms with E-state index in [0.717, 1.165) is 4.47 Å². The molecule has 0 aliphatic rings. The summed E-state index contributed by atoms with van der Waals surface area (Å²) in [5.41, 5.74) is 0.772. The van der Waals surface area contributed by atoms with Crippen molar-refractivity contribution in [1.82, 2.24) is 14.7 Å². The molecule has 0 saturated carbocycles. The molecule has 1 amide bonds. The van der Waals surface area contributed by atoms with E-state index in [9.17, 15) is 14.0 Å². The number of halogens is 2. The molecule has 0 unspecified atom stereocenters. The lowest BCUT2D eigenvalue weighted by Gasteiger charge is -2.21. The highest BCUT2D eigenvalue weighted by molar-refractivity contribution is 9.10. The maximum Gasteiger partial charge on any atom is 0.274 e. The molecule has 1 aromatic heterocycles. The summed E-state index contributed by atoms with van der Waals surface area (Å²) < 4.78 is 16.1. The fourth-order valence-corrected chi connectivity index (χ4v) is 3.42. The number of likely N-dealkylation sites (N-methyl/N-ethyl adjacent to an activating group) is 1. The average molecular weight is 432 g/mol. The molecular weight excluding hydrogens is 413 g/mol. The summed E-state index contributed by atoms with van der Waals surface area (Å²) in [7, 11) is 1.57. The molecule has 0 saturated heterocycles. The summed E-state index contributed by atoms with van der Waals surface area (Å²) in [6, 6.07) is 11.8. The number of carbonyl (C=O) groups is 1. The minimum Gasteiger partial charge on any atom is -0.338 e. The van der Waals surface area contributed by atoms with Crippen molar-refractivity contribution in [2.45, 2.75) is 19.9 Å². The van der Waals surface area contributed by atoms with Gasteiger partial charge < -0.3 is 4.90 Å². The Bertz CT molecular complexity index is 1060. The number of rotatable bonds is 5. The Balaban J connectivity index is 1.90. The standard InChI is InChI=1S/C20H19BrFN3O2/c1-3-25(12-13-10-14(21)8-9-17(13)22)19(26)11-18-15-6-4-5-7-16(15)20(27)24(2)23-18/h4-10H,3,11-12H2,1-2H3. The molecule has 0 bridgehead atoms. The molecule has 140 valence electrons. The van der Waals surface area contributed by atoms with E-state index in [1.54, 1.807) is 42.3 Å². The molecule has 7 heteroatoms. The van der Waals surface area contributed by atoms with Crippen LogP contribution in [-0.4, -0.2) is 27.1 Å². The van der Waals surface area contributed by atoms with Gasteiger partial charge in [0.1, 0.15) is 5.82 Å². The number of aromatic nitrogens is 2. The Morgan fingerprint density at radius 3 is 2.63 bits per heavy atom. The maximum absolute atomic E-state index is 14.1. The number of carbonyl (C=O) groups excluding carboxylic acids is 1. The van der Waals surface area contributed by atoms with Crippen molar-refractivity contribution in [1.29, 1.82) is 0 Å². The molecule has 3 rings (SSSR count). The van der Waals surface area contributed by atoms with Gasteiger partial charge in [-0.25, -0.2) is 9.07 Å². The molecule has 0 fully saturated rings. The number of nitrogens with zero attached hydrogens (tertiary/aromatic N) is 3. The second-order valence-corrected chi connectivity index (χ2v) is 7.16. The van der Waals surface area contributed by atoms with Gasteiger partial charge in [0.05, 0.1) is 17.5 Å². The summed E-state index contributed by atoms with van der Waals surface area (Å²) in [6.45, 7) is 2.46. The van der Waals surface area contributed by atoms with E-state index in [0.29, 0.717) is 28.6 Å². The Labute approximate surface area is 164 Å². The zero-order valence-corrected chi connectivity index (χ0v) is 16.7. The van der Waals surface area contributed by atoms with Crippen LogP contribution in [0.3, 0.4) is 0 Å². The third-order valence-corrected chi connectivity index (χ3v) is 4.95. The predicted molar refractivity (Wildman–Crippen MR) is 106 cm³/mol. The third kappa shape index (κ3) is 4.08. The molecular formula is C20H19BrFN3O2. The first-order chi connectivity index (χ1) is 12.9. The van der Waals surface area contributed by atoms with E-state index in [2.05, 4.69) is 21.0 Å². The fourth-order valence-electron chi connectivity index (χ4n) is 3.01. The average Bonchev–Trinajstić information content (AvgIpc) is 2.66. The summed E-state index contributed by atoms with van der Waals surface area (Å²) in [5, 5.41) is 5.46. The smallest absolute Gasteiger partial charge is 0.274 e. The van der Waals surface area contributed by atoms with Gasteiger partial charge in [0.25, 0.3) is 5.56 Å². The second-order valence-electron chi connectivity index (χ2n) is 6.24. The van der Waals surface area contributed by atoms with Crippen LogP contribution in [0.5, 0.6) is 0 Å². The molecule has 0 radical (unpaired) electrons. The first kappa shape index (κ1) is 19.2. The van der Waals surface area contributed by atoms with Crippen LogP contribution >= 0.6 is 15.9 Å². The minimum absolute atomic E-state index is 0.0398. The predicted octanol–water partition coefficient (Wildman–Crippen LogP) is 3.43. The molecule has 0 spiro atoms. The van der Waals surface area contributed by atoms with Crippen molar-refractivity contribution in [2.75, 3.05) is 6.54 Å². The molecule has 27 heavy (non-hydrogen) atoms. The monoisotopic (exact) mass is 431 g/mol. The quantitative estimate of drug-likeness (QED) is 0.621. The lowest BCUT2D eigenvalue weighted by atomic mass is 10.1. The van der Waals surface area contributed by atoms with Gasteiger partial charge in [0.15, 0.2) is 0 Å². The molecule has 0 atom stereocenters. The highest BCUT2D eigenvalue weighted by Crippen LogP contribution is 2.19. The number of fused-ring (bicyclic) bond motifs is 1. The summed E-state index contributed by atoms with van der Waals surface area (Å²) >= 11 is 3.33. The Kier molecular flexibility index (Phi) is 5.70. The van der Waals surface area contributed by atoms with Crippen LogP contribution in [0.1, 0.15) is 18.2 Å². The summed E-state index contributed by atoms with van der Waals surface area (Å²) in [6.07, 6.45) is 0.0398. The van der Waals surface area contributed by atoms with E-state index < -0.39 is 0 Å². The first-order valence-corrected chi connectivity index (χ1v) is 9.36. The van der Waals surface area contributed by atoms with Gasteiger partial charge >= 0.3 is 0 Å². The second kappa shape index (κ2) is 8.00. The Hall–Kier alpha value is -2.54. The Morgan fingerprint density at radius 1 is 1.22 bits per heavy atom. The normalized spacial score (nSPS) is 11.0. The van der Waals surface area contributed by atoms with Gasteiger partial charge in [-0.3, -0.25) is 9.59 Å². The molecule has 5 nitrogen and oxygen atoms in total. The van der Waals surface area contributed by atoms with Crippen molar-refractivity contribution in [3.05, 3.63) is 74.4 Å². The molecule has 0 aliphatic carbocycles. The SMILES string of the molecule is CCN(Cc1cc(Br)ccc1F)C(=O)Cc1nn(C)c(=O)c2ccccc12. The van der Waals surface area contributed by atoms with E-state index in [-0.39, 0.29) is 30.2 Å². The van der Waals surface area contributed by atoms with Crippen molar-refractivity contribution < 1.29 is 9.18 Å². The van der Waals surface area contributed by atoms with Crippen LogP contribution in [0.4, 0.5) is 4.39 Å². The summed E-state index contributed by atoms with van der Waals surface area (Å²) in [5.74, 6) is -0.525. The lowest BCUT2D eigenvalue weighted by molar-refractivity contribution is -0.130. The Morgan fingerprint density at radius 2 is 1.93 bits per heavy atom. The molecule has 3 aromatic rings. The lowest BCUT2D eigenvalue weighted by Crippen LogP contribution is -2.33. The fraction of sp³-hybridized carbons (Fsp3) is 0.250. The van der Waals surface area contributed by atoms with Crippen LogP contribution in [0.15, 0.2) is 51.7 Å². The third-order valence-electron chi connectivity index (χ3n) is 4.46. The van der Waals surface area contributed by atoms with Crippen LogP contribution < -0.4 is 5.56 Å². The van der Waals surface area contributed by atoms with Gasteiger partial charge in [-0.2, -0.15) is 5.10 Å². The maximum atomic E-state index is 14.1. The van der Waals surface area contributed by atoms with Crippen molar-refractivity contribution in [2.24, 2.45) is 7.05 Å². The van der Waals surface area contributed by atoms with Crippen molar-refractivity contribution >= 4 is 32.6 Å². The van der Waals surface area contributed by atoms with Gasteiger partial charge in [-0.05, 0) is 31.2 Å². The number of amides is 1. The van der Waals surface area contributed by atoms with Crippen molar-refractivity contribution in [3.63, 3.8) is 0 Å². The van der Waals surface area contributed by atoms with Gasteiger partial charge in [0, 0.05) is 35.6 Å². The van der Waals surface area contributed by atoms with Gasteiger partial charge in [0.2, 0.25) is 5.91 Å². The first-order valence-electron chi connectivity index (χ1n) is 8.57. The zero-order valence-electron chi connectivity index (χ0n) is 15.1. The highest BCUT2D eigenvalue weighted by Gasteiger charge is 2.18. The van der Waals surface area contributed by atoms with Crippen LogP contribution in [-0.2, 0) is 24.8 Å². The van der Waals surface area contributed by atoms with Crippen molar-refractivity contribution in [3.8, 4) is 0 Å². The molecule has 0 aliphatic heterocycles. The number of hydrogen-bond acceptors (Lipinski definition) is 3. The summed E-state index contributed by atoms with van der Waals surface area (Å²) in [4.78, 5) is 26.7. The minimum atomic E-state index is -0.352. The number of benzene rings is 2. The highest BCUT2D eigenvalue weighted by atomic mass is 79.9. The molecule has 0 N–H and O–H groups in total. The number of hydrogen-bond donors (Lipinski definition) is 0. The van der Waals surface area contributed by atoms with E-state index in [4.69, 9.17) is 0 Å². The number of aryl methyl sites for hydroxylation is 1. The van der Waals surface area contributed by atoms with Gasteiger partial charge in [-0.15, -0.1) is 0 Å². The van der Waals surface area contributed by atoms with Crippen LogP contribution in [0.2, 0.25) is 0 Å². The van der Waals surface area contributed by atoms with E-state index in [1.165, 1.54) is 10.7 Å². The van der Waals surface area contributed by atoms with Crippen LogP contribution in [0.25, 0.3) is 10.8 Å². The van der Waals surface area contributed by atoms with Crippen LogP contribution in [0, 0.1) is 5.82 Å².